The largest absolute Gasteiger partial charge is 0.335 e. The third kappa shape index (κ3) is 5.14. The molecule has 170 valence electrons. The Morgan fingerprint density at radius 3 is 2.42 bits per heavy atom. The number of likely N-dealkylation sites (tertiary alicyclic amines) is 1. The van der Waals surface area contributed by atoms with E-state index in [1.165, 1.54) is 38.5 Å². The first-order valence-electron chi connectivity index (χ1n) is 12.1. The normalized spacial score (nSPS) is 28.0. The SMILES string of the molecule is CN(CC(=O)Nc1ccc(C(=O)N2CC3(C)CC2CC(C)(C)C3)cc1)C1CCCCC1. The Morgan fingerprint density at radius 1 is 1.06 bits per heavy atom. The maximum Gasteiger partial charge on any atom is 0.254 e. The molecule has 0 spiro atoms. The Hall–Kier alpha value is -1.88. The Morgan fingerprint density at radius 2 is 1.74 bits per heavy atom. The molecule has 4 rings (SSSR count). The van der Waals surface area contributed by atoms with Crippen molar-refractivity contribution in [1.29, 1.82) is 0 Å². The van der Waals surface area contributed by atoms with Crippen LogP contribution in [0.25, 0.3) is 0 Å². The molecule has 2 aliphatic carbocycles. The smallest absolute Gasteiger partial charge is 0.254 e. The van der Waals surface area contributed by atoms with Gasteiger partial charge in [0.1, 0.15) is 0 Å². The number of amides is 2. The first-order chi connectivity index (χ1) is 14.6. The lowest BCUT2D eigenvalue weighted by Gasteiger charge is -2.39. The summed E-state index contributed by atoms with van der Waals surface area (Å²) in [7, 11) is 2.05. The van der Waals surface area contributed by atoms with E-state index >= 15 is 0 Å². The second kappa shape index (κ2) is 8.57. The molecule has 5 nitrogen and oxygen atoms in total. The van der Waals surface area contributed by atoms with Crippen molar-refractivity contribution in [2.45, 2.75) is 84.2 Å². The number of fused-ring (bicyclic) bond motifs is 2. The molecule has 5 heteroatoms. The molecule has 2 saturated carbocycles. The molecule has 3 fully saturated rings. The minimum absolute atomic E-state index is 0.00986. The van der Waals surface area contributed by atoms with Crippen LogP contribution < -0.4 is 5.32 Å². The number of rotatable bonds is 5. The molecule has 2 unspecified atom stereocenters. The monoisotopic (exact) mass is 425 g/mol. The van der Waals surface area contributed by atoms with Crippen molar-refractivity contribution in [2.75, 3.05) is 25.5 Å². The molecule has 1 heterocycles. The van der Waals surface area contributed by atoms with Crippen LogP contribution in [0, 0.1) is 10.8 Å². The third-order valence-corrected chi connectivity index (χ3v) is 7.68. The minimum Gasteiger partial charge on any atom is -0.335 e. The third-order valence-electron chi connectivity index (χ3n) is 7.68. The predicted molar refractivity (Wildman–Crippen MR) is 125 cm³/mol. The lowest BCUT2D eigenvalue weighted by Crippen LogP contribution is -2.39. The van der Waals surface area contributed by atoms with Gasteiger partial charge in [-0.15, -0.1) is 0 Å². The van der Waals surface area contributed by atoms with Crippen LogP contribution in [0.15, 0.2) is 24.3 Å². The number of carbonyl (C=O) groups is 2. The highest BCUT2D eigenvalue weighted by Crippen LogP contribution is 2.52. The molecule has 1 aromatic rings. The van der Waals surface area contributed by atoms with Crippen molar-refractivity contribution >= 4 is 17.5 Å². The zero-order valence-electron chi connectivity index (χ0n) is 19.7. The highest BCUT2D eigenvalue weighted by molar-refractivity contribution is 5.96. The molecule has 31 heavy (non-hydrogen) atoms. The summed E-state index contributed by atoms with van der Waals surface area (Å²) in [5.41, 5.74) is 2.00. The Kier molecular flexibility index (Phi) is 6.17. The summed E-state index contributed by atoms with van der Waals surface area (Å²) in [6.45, 7) is 8.25. The van der Waals surface area contributed by atoms with Crippen LogP contribution in [-0.2, 0) is 4.79 Å². The molecule has 3 aliphatic rings. The molecule has 1 saturated heterocycles. The first-order valence-corrected chi connectivity index (χ1v) is 12.1. The molecule has 0 radical (unpaired) electrons. The van der Waals surface area contributed by atoms with Crippen LogP contribution >= 0.6 is 0 Å². The van der Waals surface area contributed by atoms with Crippen LogP contribution in [0.1, 0.15) is 82.5 Å². The zero-order valence-corrected chi connectivity index (χ0v) is 19.7. The van der Waals surface area contributed by atoms with Gasteiger partial charge in [-0.1, -0.05) is 40.0 Å². The van der Waals surface area contributed by atoms with Gasteiger partial charge in [0.2, 0.25) is 5.91 Å². The maximum atomic E-state index is 13.2. The number of likely N-dealkylation sites (N-methyl/N-ethyl adjacent to an activating group) is 1. The number of hydrogen-bond acceptors (Lipinski definition) is 3. The quantitative estimate of drug-likeness (QED) is 0.728. The summed E-state index contributed by atoms with van der Waals surface area (Å²) in [6, 6.07) is 8.30. The lowest BCUT2D eigenvalue weighted by atomic mass is 9.65. The van der Waals surface area contributed by atoms with E-state index in [1.807, 2.05) is 31.3 Å². The van der Waals surface area contributed by atoms with Gasteiger partial charge in [-0.25, -0.2) is 0 Å². The van der Waals surface area contributed by atoms with Gasteiger partial charge in [0.05, 0.1) is 6.54 Å². The predicted octanol–water partition coefficient (Wildman–Crippen LogP) is 4.93. The average Bonchev–Trinajstić information content (AvgIpc) is 2.97. The van der Waals surface area contributed by atoms with Gasteiger partial charge in [0, 0.05) is 29.9 Å². The summed E-state index contributed by atoms with van der Waals surface area (Å²) >= 11 is 0. The van der Waals surface area contributed by atoms with E-state index in [0.717, 1.165) is 25.1 Å². The van der Waals surface area contributed by atoms with Crippen LogP contribution in [0.4, 0.5) is 5.69 Å². The van der Waals surface area contributed by atoms with E-state index in [0.29, 0.717) is 29.6 Å². The maximum absolute atomic E-state index is 13.2. The van der Waals surface area contributed by atoms with E-state index in [4.69, 9.17) is 0 Å². The van der Waals surface area contributed by atoms with Crippen LogP contribution in [0.3, 0.4) is 0 Å². The van der Waals surface area contributed by atoms with Crippen molar-refractivity contribution in [2.24, 2.45) is 10.8 Å². The fourth-order valence-corrected chi connectivity index (χ4v) is 6.64. The number of carbonyl (C=O) groups excluding carboxylic acids is 2. The van der Waals surface area contributed by atoms with E-state index in [2.05, 4.69) is 35.9 Å². The second-order valence-electron chi connectivity index (χ2n) is 11.5. The van der Waals surface area contributed by atoms with Crippen molar-refractivity contribution in [3.63, 3.8) is 0 Å². The van der Waals surface area contributed by atoms with Gasteiger partial charge >= 0.3 is 0 Å². The number of nitrogens with zero attached hydrogens (tertiary/aromatic N) is 2. The standard InChI is InChI=1S/C26H39N3O2/c1-25(2)14-22-15-26(3,17-25)18-29(22)24(31)19-10-12-20(13-11-19)27-23(30)16-28(4)21-8-6-5-7-9-21/h10-13,21-22H,5-9,14-18H2,1-4H3,(H,27,30). The summed E-state index contributed by atoms with van der Waals surface area (Å²) < 4.78 is 0. The van der Waals surface area contributed by atoms with E-state index in [-0.39, 0.29) is 17.2 Å². The topological polar surface area (TPSA) is 52.7 Å². The second-order valence-corrected chi connectivity index (χ2v) is 11.5. The molecule has 1 aromatic carbocycles. The Balaban J connectivity index is 1.34. The summed E-state index contributed by atoms with van der Waals surface area (Å²) in [5.74, 6) is 0.136. The molecular weight excluding hydrogens is 386 g/mol. The highest BCUT2D eigenvalue weighted by Gasteiger charge is 2.51. The highest BCUT2D eigenvalue weighted by atomic mass is 16.2. The molecule has 2 atom stereocenters. The van der Waals surface area contributed by atoms with Crippen LogP contribution in [0.2, 0.25) is 0 Å². The average molecular weight is 426 g/mol. The Bertz CT molecular complexity index is 812. The number of nitrogens with one attached hydrogen (secondary N) is 1. The minimum atomic E-state index is 0.00986. The van der Waals surface area contributed by atoms with Crippen molar-refractivity contribution in [3.8, 4) is 0 Å². The van der Waals surface area contributed by atoms with Crippen LogP contribution in [0.5, 0.6) is 0 Å². The van der Waals surface area contributed by atoms with E-state index in [9.17, 15) is 9.59 Å². The molecule has 0 aromatic heterocycles. The fraction of sp³-hybridized carbons (Fsp3) is 0.692. The fourth-order valence-electron chi connectivity index (χ4n) is 6.64. The summed E-state index contributed by atoms with van der Waals surface area (Å²) in [4.78, 5) is 30.0. The number of benzene rings is 1. The number of hydrogen-bond donors (Lipinski definition) is 1. The van der Waals surface area contributed by atoms with E-state index in [1.54, 1.807) is 0 Å². The van der Waals surface area contributed by atoms with E-state index < -0.39 is 0 Å². The molecule has 2 bridgehead atoms. The molecule has 1 aliphatic heterocycles. The number of anilines is 1. The van der Waals surface area contributed by atoms with Gasteiger partial charge in [-0.2, -0.15) is 0 Å². The summed E-state index contributed by atoms with van der Waals surface area (Å²) in [6.07, 6.45) is 9.60. The first kappa shape index (κ1) is 22.3. The molecule has 2 amide bonds. The summed E-state index contributed by atoms with van der Waals surface area (Å²) in [5, 5.41) is 3.00. The van der Waals surface area contributed by atoms with Crippen LogP contribution in [-0.4, -0.2) is 53.8 Å². The molecular formula is C26H39N3O2. The van der Waals surface area contributed by atoms with Gasteiger partial charge in [-0.3, -0.25) is 14.5 Å². The zero-order chi connectivity index (χ0) is 22.2. The van der Waals surface area contributed by atoms with Crippen molar-refractivity contribution in [1.82, 2.24) is 9.80 Å². The van der Waals surface area contributed by atoms with Gasteiger partial charge in [-0.05, 0) is 74.2 Å². The molecule has 1 N–H and O–H groups in total. The van der Waals surface area contributed by atoms with Crippen molar-refractivity contribution in [3.05, 3.63) is 29.8 Å². The Labute approximate surface area is 187 Å². The van der Waals surface area contributed by atoms with Gasteiger partial charge < -0.3 is 10.2 Å². The van der Waals surface area contributed by atoms with Gasteiger partial charge in [0.15, 0.2) is 0 Å². The lowest BCUT2D eigenvalue weighted by molar-refractivity contribution is -0.117. The van der Waals surface area contributed by atoms with Crippen molar-refractivity contribution < 1.29 is 9.59 Å². The van der Waals surface area contributed by atoms with Gasteiger partial charge in [0.25, 0.3) is 5.91 Å².